The van der Waals surface area contributed by atoms with Gasteiger partial charge in [0.05, 0.1) is 22.7 Å². The first kappa shape index (κ1) is 20.4. The molecule has 1 N–H and O–H groups in total. The fraction of sp³-hybridized carbons (Fsp3) is 0.0952. The molecule has 30 heavy (non-hydrogen) atoms. The number of carboxylic acids is 1. The van der Waals surface area contributed by atoms with Crippen LogP contribution >= 0.6 is 34.5 Å². The molecule has 0 saturated heterocycles. The summed E-state index contributed by atoms with van der Waals surface area (Å²) < 4.78 is 5.76. The van der Waals surface area contributed by atoms with Gasteiger partial charge in [0.15, 0.2) is 0 Å². The molecule has 1 aliphatic heterocycles. The Bertz CT molecular complexity index is 1190. The number of imide groups is 1. The van der Waals surface area contributed by atoms with Crippen LogP contribution in [0.4, 0.5) is 5.69 Å². The second-order valence-corrected chi connectivity index (χ2v) is 8.24. The molecular formula is C21H13Cl2NO5S. The average Bonchev–Trinajstić information content (AvgIpc) is 3.12. The highest BCUT2D eigenvalue weighted by atomic mass is 35.5. The number of halogens is 2. The van der Waals surface area contributed by atoms with E-state index in [1.165, 1.54) is 17.5 Å². The topological polar surface area (TPSA) is 83.9 Å². The van der Waals surface area contributed by atoms with Gasteiger partial charge in [0, 0.05) is 11.1 Å². The Morgan fingerprint density at radius 1 is 1.17 bits per heavy atom. The molecule has 6 nitrogen and oxygen atoms in total. The van der Waals surface area contributed by atoms with Crippen molar-refractivity contribution in [3.63, 3.8) is 0 Å². The highest BCUT2D eigenvalue weighted by molar-refractivity contribution is 7.12. The lowest BCUT2D eigenvalue weighted by molar-refractivity contribution is -0.117. The van der Waals surface area contributed by atoms with E-state index in [0.29, 0.717) is 16.3 Å². The Morgan fingerprint density at radius 2 is 1.97 bits per heavy atom. The van der Waals surface area contributed by atoms with Gasteiger partial charge in [-0.25, -0.2) is 9.69 Å². The average molecular weight is 462 g/mol. The summed E-state index contributed by atoms with van der Waals surface area (Å²) in [5.74, 6) is -2.02. The monoisotopic (exact) mass is 461 g/mol. The summed E-state index contributed by atoms with van der Waals surface area (Å²) in [5, 5.41) is 11.6. The third kappa shape index (κ3) is 3.79. The van der Waals surface area contributed by atoms with Crippen LogP contribution in [-0.2, 0) is 17.8 Å². The number of aromatic carboxylic acids is 1. The van der Waals surface area contributed by atoms with E-state index in [9.17, 15) is 19.5 Å². The molecule has 1 aromatic heterocycles. The number of amides is 2. The number of hydrogen-bond acceptors (Lipinski definition) is 5. The lowest BCUT2D eigenvalue weighted by Gasteiger charge is -2.26. The number of rotatable bonds is 5. The molecule has 0 aliphatic carbocycles. The number of nitrogens with zero attached hydrogens (tertiary/aromatic N) is 1. The van der Waals surface area contributed by atoms with Gasteiger partial charge < -0.3 is 9.84 Å². The van der Waals surface area contributed by atoms with Crippen LogP contribution in [0.3, 0.4) is 0 Å². The molecule has 3 aromatic rings. The molecule has 1 aliphatic rings. The van der Waals surface area contributed by atoms with Gasteiger partial charge in [-0.2, -0.15) is 0 Å². The first-order valence-corrected chi connectivity index (χ1v) is 10.4. The van der Waals surface area contributed by atoms with Crippen molar-refractivity contribution in [2.45, 2.75) is 13.0 Å². The Labute approximate surface area is 185 Å². The van der Waals surface area contributed by atoms with E-state index < -0.39 is 17.8 Å². The van der Waals surface area contributed by atoms with E-state index in [-0.39, 0.29) is 34.2 Å². The van der Waals surface area contributed by atoms with Crippen LogP contribution in [-0.4, -0.2) is 22.9 Å². The quantitative estimate of drug-likeness (QED) is 0.536. The molecule has 0 fully saturated rings. The zero-order valence-electron chi connectivity index (χ0n) is 15.2. The van der Waals surface area contributed by atoms with Gasteiger partial charge >= 0.3 is 5.97 Å². The van der Waals surface area contributed by atoms with Gasteiger partial charge in [-0.3, -0.25) is 9.59 Å². The van der Waals surface area contributed by atoms with Gasteiger partial charge in [-0.15, -0.1) is 11.3 Å². The maximum Gasteiger partial charge on any atom is 0.346 e. The number of carbonyl (C=O) groups excluding carboxylic acids is 2. The van der Waals surface area contributed by atoms with Gasteiger partial charge in [0.1, 0.15) is 17.2 Å². The Kier molecular flexibility index (Phi) is 5.51. The van der Waals surface area contributed by atoms with Crippen LogP contribution in [0.2, 0.25) is 10.0 Å². The van der Waals surface area contributed by atoms with Crippen molar-refractivity contribution in [3.8, 4) is 5.75 Å². The lowest BCUT2D eigenvalue weighted by atomic mass is 10.0. The Balaban J connectivity index is 1.65. The SMILES string of the molecule is O=C(O)c1scc2c1C(=O)N(c1cc(OCc3cccc(Cl)c3)ccc1Cl)C(=O)C2. The number of ether oxygens (including phenoxy) is 1. The zero-order chi connectivity index (χ0) is 21.4. The number of carbonyl (C=O) groups is 3. The molecule has 0 saturated carbocycles. The summed E-state index contributed by atoms with van der Waals surface area (Å²) in [6, 6.07) is 11.8. The van der Waals surface area contributed by atoms with E-state index in [4.69, 9.17) is 27.9 Å². The smallest absolute Gasteiger partial charge is 0.346 e. The van der Waals surface area contributed by atoms with E-state index in [1.807, 2.05) is 6.07 Å². The van der Waals surface area contributed by atoms with E-state index in [2.05, 4.69) is 0 Å². The largest absolute Gasteiger partial charge is 0.489 e. The minimum Gasteiger partial charge on any atom is -0.489 e. The molecule has 152 valence electrons. The molecule has 2 aromatic carbocycles. The molecule has 2 amide bonds. The maximum absolute atomic E-state index is 13.0. The molecule has 0 radical (unpaired) electrons. The predicted octanol–water partition coefficient (Wildman–Crippen LogP) is 5.06. The third-order valence-electron chi connectivity index (χ3n) is 4.52. The van der Waals surface area contributed by atoms with Gasteiger partial charge in [-0.1, -0.05) is 35.3 Å². The number of carboxylic acid groups (broad SMARTS) is 1. The number of benzene rings is 2. The molecule has 9 heteroatoms. The van der Waals surface area contributed by atoms with Crippen LogP contribution in [0.25, 0.3) is 0 Å². The molecule has 0 unspecified atom stereocenters. The molecule has 4 rings (SSSR count). The third-order valence-corrected chi connectivity index (χ3v) is 6.09. The minimum absolute atomic E-state index is 0.0217. The molecule has 0 atom stereocenters. The predicted molar refractivity (Wildman–Crippen MR) is 114 cm³/mol. The maximum atomic E-state index is 13.0. The van der Waals surface area contributed by atoms with Gasteiger partial charge in [0.25, 0.3) is 5.91 Å². The lowest BCUT2D eigenvalue weighted by Crippen LogP contribution is -2.42. The number of hydrogen-bond donors (Lipinski definition) is 1. The second-order valence-electron chi connectivity index (χ2n) is 6.51. The van der Waals surface area contributed by atoms with Gasteiger partial charge in [-0.05, 0) is 40.8 Å². The van der Waals surface area contributed by atoms with Crippen molar-refractivity contribution in [1.29, 1.82) is 0 Å². The highest BCUT2D eigenvalue weighted by Crippen LogP contribution is 2.36. The molecule has 0 spiro atoms. The van der Waals surface area contributed by atoms with Crippen molar-refractivity contribution in [1.82, 2.24) is 0 Å². The van der Waals surface area contributed by atoms with Crippen LogP contribution in [0.5, 0.6) is 5.75 Å². The minimum atomic E-state index is -1.21. The first-order valence-electron chi connectivity index (χ1n) is 8.73. The first-order chi connectivity index (χ1) is 14.3. The molecule has 2 heterocycles. The van der Waals surface area contributed by atoms with Crippen molar-refractivity contribution >= 4 is 58.0 Å². The number of thiophene rings is 1. The normalized spacial score (nSPS) is 13.3. The van der Waals surface area contributed by atoms with Gasteiger partial charge in [0.2, 0.25) is 5.91 Å². The second kappa shape index (κ2) is 8.10. The summed E-state index contributed by atoms with van der Waals surface area (Å²) in [6.07, 6.45) is -0.0885. The summed E-state index contributed by atoms with van der Waals surface area (Å²) in [6.45, 7) is 0.224. The fourth-order valence-corrected chi connectivity index (χ4v) is 4.49. The van der Waals surface area contributed by atoms with Crippen LogP contribution in [0.1, 0.15) is 31.2 Å². The standard InChI is InChI=1S/C21H13Cl2NO5S/c22-13-3-1-2-11(6-13)9-29-14-4-5-15(23)16(8-14)24-17(25)7-12-10-30-19(21(27)28)18(12)20(24)26/h1-6,8,10H,7,9H2,(H,27,28). The number of fused-ring (bicyclic) bond motifs is 1. The molecular weight excluding hydrogens is 449 g/mol. The van der Waals surface area contributed by atoms with Crippen LogP contribution in [0, 0.1) is 0 Å². The summed E-state index contributed by atoms with van der Waals surface area (Å²) in [7, 11) is 0. The van der Waals surface area contributed by atoms with Crippen LogP contribution < -0.4 is 9.64 Å². The van der Waals surface area contributed by atoms with Crippen molar-refractivity contribution in [2.75, 3.05) is 4.90 Å². The summed E-state index contributed by atoms with van der Waals surface area (Å²) >= 11 is 13.2. The number of anilines is 1. The Hall–Kier alpha value is -2.87. The Morgan fingerprint density at radius 3 is 2.70 bits per heavy atom. The van der Waals surface area contributed by atoms with Crippen molar-refractivity contribution in [2.24, 2.45) is 0 Å². The summed E-state index contributed by atoms with van der Waals surface area (Å²) in [4.78, 5) is 38.0. The fourth-order valence-electron chi connectivity index (χ4n) is 3.17. The van der Waals surface area contributed by atoms with Crippen molar-refractivity contribution in [3.05, 3.63) is 79.5 Å². The van der Waals surface area contributed by atoms with Crippen LogP contribution in [0.15, 0.2) is 47.8 Å². The van der Waals surface area contributed by atoms with E-state index >= 15 is 0 Å². The van der Waals surface area contributed by atoms with E-state index in [1.54, 1.807) is 24.3 Å². The van der Waals surface area contributed by atoms with E-state index in [0.717, 1.165) is 21.8 Å². The summed E-state index contributed by atoms with van der Waals surface area (Å²) in [5.41, 5.74) is 1.42. The zero-order valence-corrected chi connectivity index (χ0v) is 17.6. The molecule has 0 bridgehead atoms. The van der Waals surface area contributed by atoms with Crippen molar-refractivity contribution < 1.29 is 24.2 Å². The highest BCUT2D eigenvalue weighted by Gasteiger charge is 2.37.